The van der Waals surface area contributed by atoms with E-state index in [4.69, 9.17) is 4.74 Å². The number of non-ortho nitro benzene ring substituents is 1. The number of carbonyl (C=O) groups is 1. The quantitative estimate of drug-likeness (QED) is 0.457. The number of hydrogen-bond donors (Lipinski definition) is 2. The first-order valence-electron chi connectivity index (χ1n) is 7.40. The second-order valence-corrected chi connectivity index (χ2v) is 5.58. The fraction of sp³-hybridized carbons (Fsp3) is 0.235. The van der Waals surface area contributed by atoms with Gasteiger partial charge in [-0.05, 0) is 29.7 Å². The van der Waals surface area contributed by atoms with E-state index < -0.39 is 11.0 Å². The number of amides is 1. The molecule has 0 aliphatic heterocycles. The van der Waals surface area contributed by atoms with Crippen LogP contribution in [0.15, 0.2) is 54.6 Å². The maximum Gasteiger partial charge on any atom is 0.407 e. The number of carbonyl (C=O) groups excluding carboxylic acids is 1. The van der Waals surface area contributed by atoms with E-state index in [1.54, 1.807) is 12.1 Å². The monoisotopic (exact) mass is 346 g/mol. The first-order chi connectivity index (χ1) is 11.6. The zero-order valence-corrected chi connectivity index (χ0v) is 13.8. The number of benzene rings is 2. The molecule has 2 aromatic carbocycles. The number of ether oxygens (including phenoxy) is 1. The number of nitro benzene ring substituents is 1. The minimum atomic E-state index is -0.539. The molecule has 126 valence electrons. The van der Waals surface area contributed by atoms with Gasteiger partial charge in [-0.15, -0.1) is 0 Å². The Balaban J connectivity index is 1.82. The van der Waals surface area contributed by atoms with Gasteiger partial charge in [0.05, 0.1) is 4.92 Å². The molecule has 6 nitrogen and oxygen atoms in total. The molecule has 0 fully saturated rings. The Morgan fingerprint density at radius 3 is 2.38 bits per heavy atom. The number of rotatable bonds is 7. The van der Waals surface area contributed by atoms with Gasteiger partial charge in [-0.2, -0.15) is 12.6 Å². The Kier molecular flexibility index (Phi) is 6.62. The van der Waals surface area contributed by atoms with Crippen LogP contribution in [0.5, 0.6) is 0 Å². The normalized spacial score (nSPS) is 11.5. The van der Waals surface area contributed by atoms with E-state index in [9.17, 15) is 14.9 Å². The summed E-state index contributed by atoms with van der Waals surface area (Å²) in [6, 6.07) is 15.5. The lowest BCUT2D eigenvalue weighted by atomic mass is 10.1. The summed E-state index contributed by atoms with van der Waals surface area (Å²) in [5, 5.41) is 13.4. The van der Waals surface area contributed by atoms with Gasteiger partial charge in [0.25, 0.3) is 5.69 Å². The highest BCUT2D eigenvalue weighted by molar-refractivity contribution is 7.80. The topological polar surface area (TPSA) is 81.5 Å². The van der Waals surface area contributed by atoms with E-state index in [0.717, 1.165) is 5.56 Å². The van der Waals surface area contributed by atoms with Crippen molar-refractivity contribution in [2.75, 3.05) is 5.75 Å². The molecule has 24 heavy (non-hydrogen) atoms. The molecule has 0 saturated heterocycles. The minimum Gasteiger partial charge on any atom is -0.445 e. The standard InChI is InChI=1S/C17H18N2O4S/c20-17(18-15(12-24)10-13-4-2-1-3-5-13)23-11-14-6-8-16(9-7-14)19(21)22/h1-9,15,24H,10-12H2,(H,18,20). The van der Waals surface area contributed by atoms with Crippen LogP contribution in [-0.4, -0.2) is 22.8 Å². The van der Waals surface area contributed by atoms with E-state index in [1.165, 1.54) is 12.1 Å². The van der Waals surface area contributed by atoms with Gasteiger partial charge in [0.2, 0.25) is 0 Å². The number of nitrogens with zero attached hydrogens (tertiary/aromatic N) is 1. The maximum absolute atomic E-state index is 11.9. The van der Waals surface area contributed by atoms with Crippen molar-refractivity contribution in [2.24, 2.45) is 0 Å². The second kappa shape index (κ2) is 8.93. The van der Waals surface area contributed by atoms with E-state index in [0.29, 0.717) is 17.7 Å². The van der Waals surface area contributed by atoms with Crippen LogP contribution in [0.4, 0.5) is 10.5 Å². The van der Waals surface area contributed by atoms with Gasteiger partial charge in [0, 0.05) is 23.9 Å². The third-order valence-corrected chi connectivity index (χ3v) is 3.83. The molecular formula is C17H18N2O4S. The lowest BCUT2D eigenvalue weighted by Gasteiger charge is -2.16. The van der Waals surface area contributed by atoms with Gasteiger partial charge in [0.1, 0.15) is 6.61 Å². The van der Waals surface area contributed by atoms with Crippen molar-refractivity contribution in [3.05, 3.63) is 75.8 Å². The van der Waals surface area contributed by atoms with Crippen molar-refractivity contribution in [3.63, 3.8) is 0 Å². The molecule has 0 bridgehead atoms. The molecule has 0 aromatic heterocycles. The van der Waals surface area contributed by atoms with Crippen molar-refractivity contribution in [2.45, 2.75) is 19.1 Å². The van der Waals surface area contributed by atoms with Crippen LogP contribution in [0.1, 0.15) is 11.1 Å². The largest absolute Gasteiger partial charge is 0.445 e. The van der Waals surface area contributed by atoms with E-state index >= 15 is 0 Å². The van der Waals surface area contributed by atoms with E-state index in [-0.39, 0.29) is 18.3 Å². The molecule has 0 saturated carbocycles. The van der Waals surface area contributed by atoms with Crippen molar-refractivity contribution in [1.82, 2.24) is 5.32 Å². The highest BCUT2D eigenvalue weighted by atomic mass is 32.1. The van der Waals surface area contributed by atoms with Gasteiger partial charge in [-0.25, -0.2) is 4.79 Å². The first-order valence-corrected chi connectivity index (χ1v) is 8.03. The lowest BCUT2D eigenvalue weighted by Crippen LogP contribution is -2.38. The Hall–Kier alpha value is -2.54. The Morgan fingerprint density at radius 1 is 1.12 bits per heavy atom. The van der Waals surface area contributed by atoms with E-state index in [2.05, 4.69) is 17.9 Å². The number of nitrogens with one attached hydrogen (secondary N) is 1. The van der Waals surface area contributed by atoms with Crippen LogP contribution in [-0.2, 0) is 17.8 Å². The molecule has 0 aliphatic rings. The van der Waals surface area contributed by atoms with Gasteiger partial charge in [-0.3, -0.25) is 10.1 Å². The average Bonchev–Trinajstić information content (AvgIpc) is 2.60. The SMILES string of the molecule is O=C(NC(CS)Cc1ccccc1)OCc1ccc([N+](=O)[O-])cc1. The minimum absolute atomic E-state index is 0.00111. The van der Waals surface area contributed by atoms with Gasteiger partial charge in [0.15, 0.2) is 0 Å². The number of hydrogen-bond acceptors (Lipinski definition) is 5. The molecule has 1 unspecified atom stereocenters. The molecule has 7 heteroatoms. The predicted octanol–water partition coefficient (Wildman–Crippen LogP) is 3.36. The average molecular weight is 346 g/mol. The van der Waals surface area contributed by atoms with Crippen LogP contribution in [0.2, 0.25) is 0 Å². The third-order valence-electron chi connectivity index (χ3n) is 3.38. The fourth-order valence-corrected chi connectivity index (χ4v) is 2.35. The highest BCUT2D eigenvalue weighted by Crippen LogP contribution is 2.12. The summed E-state index contributed by atoms with van der Waals surface area (Å²) in [5.41, 5.74) is 1.79. The number of thiol groups is 1. The van der Waals surface area contributed by atoms with Crippen molar-refractivity contribution in [3.8, 4) is 0 Å². The van der Waals surface area contributed by atoms with Crippen molar-refractivity contribution in [1.29, 1.82) is 0 Å². The summed E-state index contributed by atoms with van der Waals surface area (Å²) in [4.78, 5) is 22.0. The maximum atomic E-state index is 11.9. The molecule has 2 rings (SSSR count). The summed E-state index contributed by atoms with van der Waals surface area (Å²) in [5.74, 6) is 0.488. The zero-order chi connectivity index (χ0) is 17.4. The molecule has 0 radical (unpaired) electrons. The van der Waals surface area contributed by atoms with Crippen LogP contribution in [0.3, 0.4) is 0 Å². The third kappa shape index (κ3) is 5.58. The molecule has 1 N–H and O–H groups in total. The highest BCUT2D eigenvalue weighted by Gasteiger charge is 2.13. The molecule has 0 heterocycles. The van der Waals surface area contributed by atoms with Gasteiger partial charge in [-0.1, -0.05) is 30.3 Å². The smallest absolute Gasteiger partial charge is 0.407 e. The van der Waals surface area contributed by atoms with Gasteiger partial charge >= 0.3 is 6.09 Å². The van der Waals surface area contributed by atoms with Crippen LogP contribution in [0.25, 0.3) is 0 Å². The van der Waals surface area contributed by atoms with Crippen LogP contribution in [0, 0.1) is 10.1 Å². The first kappa shape index (κ1) is 17.8. The molecule has 0 aliphatic carbocycles. The van der Waals surface area contributed by atoms with Crippen LogP contribution >= 0.6 is 12.6 Å². The lowest BCUT2D eigenvalue weighted by molar-refractivity contribution is -0.384. The second-order valence-electron chi connectivity index (χ2n) is 5.21. The summed E-state index contributed by atoms with van der Waals surface area (Å²) in [7, 11) is 0. The van der Waals surface area contributed by atoms with Crippen LogP contribution < -0.4 is 5.32 Å². The summed E-state index contributed by atoms with van der Waals surface area (Å²) in [6.07, 6.45) is 0.125. The molecule has 1 atom stereocenters. The van der Waals surface area contributed by atoms with E-state index in [1.807, 2.05) is 30.3 Å². The summed E-state index contributed by atoms with van der Waals surface area (Å²) >= 11 is 4.25. The van der Waals surface area contributed by atoms with Crippen molar-refractivity contribution >= 4 is 24.4 Å². The molecule has 2 aromatic rings. The predicted molar refractivity (Wildman–Crippen MR) is 94.2 cm³/mol. The fourth-order valence-electron chi connectivity index (χ4n) is 2.13. The van der Waals surface area contributed by atoms with Crippen molar-refractivity contribution < 1.29 is 14.5 Å². The number of alkyl carbamates (subject to hydrolysis) is 1. The van der Waals surface area contributed by atoms with Gasteiger partial charge < -0.3 is 10.1 Å². The molecule has 0 spiro atoms. The zero-order valence-electron chi connectivity index (χ0n) is 12.9. The Bertz CT molecular complexity index is 677. The molecular weight excluding hydrogens is 328 g/mol. The number of nitro groups is 1. The molecule has 1 amide bonds. The summed E-state index contributed by atoms with van der Waals surface area (Å²) < 4.78 is 5.14. The Labute approximate surface area is 145 Å². The summed E-state index contributed by atoms with van der Waals surface area (Å²) in [6.45, 7) is 0.0501. The Morgan fingerprint density at radius 2 is 1.79 bits per heavy atom.